The van der Waals surface area contributed by atoms with Crippen LogP contribution < -0.4 is 26.2 Å². The van der Waals surface area contributed by atoms with E-state index in [2.05, 4.69) is 40.5 Å². The highest BCUT2D eigenvalue weighted by Gasteiger charge is 2.46. The molecule has 72 heavy (non-hydrogen) atoms. The molecule has 4 saturated heterocycles. The Labute approximate surface area is 425 Å². The van der Waals surface area contributed by atoms with Crippen molar-refractivity contribution in [1.82, 2.24) is 45.6 Å². The van der Waals surface area contributed by atoms with Crippen molar-refractivity contribution >= 4 is 46.5 Å². The average Bonchev–Trinajstić information content (AvgIpc) is 4.08. The Morgan fingerprint density at radius 1 is 0.847 bits per heavy atom. The summed E-state index contributed by atoms with van der Waals surface area (Å²) < 4.78 is 0. The molecule has 6 N–H and O–H groups in total. The average molecular weight is 997 g/mol. The number of aromatic hydroxyl groups is 1. The Balaban J connectivity index is 0.686. The second-order valence-electron chi connectivity index (χ2n) is 21.7. The van der Waals surface area contributed by atoms with Crippen LogP contribution in [0.2, 0.25) is 0 Å². The van der Waals surface area contributed by atoms with E-state index in [1.54, 1.807) is 23.5 Å². The smallest absolute Gasteiger partial charge is 0.246 e. The highest BCUT2D eigenvalue weighted by Crippen LogP contribution is 2.40. The van der Waals surface area contributed by atoms with Crippen LogP contribution in [0.15, 0.2) is 72.5 Å². The molecule has 2 bridgehead atoms. The molecule has 2 unspecified atom stereocenters. The fourth-order valence-electron chi connectivity index (χ4n) is 11.9. The number of aromatic nitrogens is 5. The van der Waals surface area contributed by atoms with Crippen LogP contribution in [0.25, 0.3) is 21.7 Å². The zero-order valence-electron chi connectivity index (χ0n) is 41.8. The topological polar surface area (TPSA) is 219 Å². The summed E-state index contributed by atoms with van der Waals surface area (Å²) in [4.78, 5) is 66.0. The molecule has 5 fully saturated rings. The predicted octanol–water partition coefficient (Wildman–Crippen LogP) is 6.06. The number of amides is 3. The van der Waals surface area contributed by atoms with Gasteiger partial charge in [0.1, 0.15) is 17.8 Å². The van der Waals surface area contributed by atoms with Gasteiger partial charge in [-0.3, -0.25) is 14.4 Å². The monoisotopic (exact) mass is 997 g/mol. The molecule has 5 atom stereocenters. The first kappa shape index (κ1) is 49.3. The van der Waals surface area contributed by atoms with E-state index in [4.69, 9.17) is 15.7 Å². The van der Waals surface area contributed by atoms with Gasteiger partial charge in [-0.05, 0) is 118 Å². The van der Waals surface area contributed by atoms with Gasteiger partial charge in [0.25, 0.3) is 0 Å². The van der Waals surface area contributed by atoms with E-state index >= 15 is 0 Å². The third-order valence-corrected chi connectivity index (χ3v) is 16.9. The molecule has 5 aliphatic rings. The summed E-state index contributed by atoms with van der Waals surface area (Å²) in [6, 6.07) is 16.2. The molecule has 3 amide bonds. The minimum absolute atomic E-state index is 0.0372. The number of nitrogens with zero attached hydrogens (tertiary/aromatic N) is 9. The number of piperazine rings is 1. The largest absolute Gasteiger partial charge is 0.507 e. The van der Waals surface area contributed by atoms with E-state index in [0.717, 1.165) is 111 Å². The number of phenols is 1. The van der Waals surface area contributed by atoms with Gasteiger partial charge in [-0.1, -0.05) is 57.2 Å². The number of phenolic OH excluding ortho intramolecular Hbond substituents is 1. The van der Waals surface area contributed by atoms with Gasteiger partial charge in [0.05, 0.1) is 33.6 Å². The highest BCUT2D eigenvalue weighted by atomic mass is 32.1. The molecule has 1 saturated carbocycles. The zero-order valence-corrected chi connectivity index (χ0v) is 42.6. The first-order valence-corrected chi connectivity index (χ1v) is 26.6. The number of thiazole rings is 1. The zero-order chi connectivity index (χ0) is 50.3. The van der Waals surface area contributed by atoms with Crippen molar-refractivity contribution < 1.29 is 24.6 Å². The summed E-state index contributed by atoms with van der Waals surface area (Å²) in [7, 11) is 0. The van der Waals surface area contributed by atoms with Crippen molar-refractivity contribution in [1.29, 1.82) is 0 Å². The third kappa shape index (κ3) is 10.4. The standard InChI is InChI=1S/C54H68N12O5S/c1-32-47(72-31-59-32)35-11-9-33(10-12-35)25-56-51(70)45-23-41(67)30-65(45)52(71)48(54(2,3)4)60-50(69)36-13-15-38(16-14-36)63-21-19-34(20-22-63)37-26-57-53(58-27-37)66-39-17-18-40(66)29-64(28-39)44-24-43(61-62-49(44)55)42-7-5-6-8-46(42)68/h5-12,24,26-27,31,34,36,38-41,45,48,67-68H,13-23,25,28-30H2,1-4H3,(H2,55,62)(H,56,70)(H,60,69)/t36-,38-,39?,40?,41-,45+,48-/m1/s1. The maximum absolute atomic E-state index is 14.3. The molecule has 18 heteroatoms. The van der Waals surface area contributed by atoms with Crippen LogP contribution in [0.4, 0.5) is 17.5 Å². The van der Waals surface area contributed by atoms with Crippen LogP contribution in [0.5, 0.6) is 5.75 Å². The van der Waals surface area contributed by atoms with E-state index in [-0.39, 0.29) is 61.0 Å². The fourth-order valence-corrected chi connectivity index (χ4v) is 12.7. The summed E-state index contributed by atoms with van der Waals surface area (Å²) in [5, 5.41) is 35.8. The number of para-hydroxylation sites is 1. The van der Waals surface area contributed by atoms with Crippen LogP contribution in [-0.4, -0.2) is 132 Å². The Bertz CT molecular complexity index is 2720. The quantitative estimate of drug-likeness (QED) is 0.0961. The number of aliphatic hydroxyl groups excluding tert-OH is 1. The number of hydrogen-bond acceptors (Lipinski definition) is 15. The minimum Gasteiger partial charge on any atom is -0.507 e. The summed E-state index contributed by atoms with van der Waals surface area (Å²) in [6.45, 7) is 11.6. The molecule has 10 rings (SSSR count). The molecule has 5 aromatic rings. The van der Waals surface area contributed by atoms with Crippen molar-refractivity contribution in [2.45, 2.75) is 134 Å². The van der Waals surface area contributed by atoms with Crippen molar-refractivity contribution in [3.8, 4) is 27.4 Å². The van der Waals surface area contributed by atoms with Crippen LogP contribution in [-0.2, 0) is 20.9 Å². The number of carbonyl (C=O) groups excluding carboxylic acids is 3. The maximum Gasteiger partial charge on any atom is 0.246 e. The lowest BCUT2D eigenvalue weighted by molar-refractivity contribution is -0.144. The number of rotatable bonds is 12. The van der Waals surface area contributed by atoms with Gasteiger partial charge in [-0.2, -0.15) is 0 Å². The van der Waals surface area contributed by atoms with Gasteiger partial charge in [0.2, 0.25) is 23.7 Å². The summed E-state index contributed by atoms with van der Waals surface area (Å²) in [6.07, 6.45) is 10.8. The number of likely N-dealkylation sites (tertiary alicyclic amines) is 2. The number of β-amino-alcohol motifs (C(OH)–C–C–N with tert-alkyl or cyclic N) is 1. The number of aryl methyl sites for hydroxylation is 1. The maximum atomic E-state index is 14.3. The van der Waals surface area contributed by atoms with Crippen molar-refractivity contribution in [2.75, 3.05) is 48.3 Å². The number of hydrogen-bond donors (Lipinski definition) is 5. The van der Waals surface area contributed by atoms with E-state index < -0.39 is 23.6 Å². The second kappa shape index (κ2) is 20.7. The van der Waals surface area contributed by atoms with E-state index in [9.17, 15) is 24.6 Å². The highest BCUT2D eigenvalue weighted by molar-refractivity contribution is 7.13. The lowest BCUT2D eigenvalue weighted by Crippen LogP contribution is -2.58. The number of piperidine rings is 1. The fraction of sp³-hybridized carbons (Fsp3) is 0.519. The SMILES string of the molecule is Cc1ncsc1-c1ccc(CNC(=O)[C@@H]2C[C@@H](O)CN2C(=O)[C@@H](NC(=O)[C@H]2CC[C@H](N3CCC(c4cnc(N5C6CCC5CN(c5cc(-c7ccccc7O)nnc5N)C6)nc4)CC3)CC2)C(C)(C)C)cc1. The number of nitrogens with two attached hydrogens (primary N) is 1. The molecular formula is C54H68N12O5S. The number of carbonyl (C=O) groups is 3. The van der Waals surface area contributed by atoms with E-state index in [1.165, 1.54) is 10.5 Å². The van der Waals surface area contributed by atoms with Gasteiger partial charge in [-0.25, -0.2) is 15.0 Å². The third-order valence-electron chi connectivity index (χ3n) is 16.0. The molecule has 3 aromatic heterocycles. The molecule has 4 aliphatic heterocycles. The Kier molecular flexibility index (Phi) is 14.2. The number of anilines is 3. The first-order valence-electron chi connectivity index (χ1n) is 25.7. The van der Waals surface area contributed by atoms with Gasteiger partial charge >= 0.3 is 0 Å². The summed E-state index contributed by atoms with van der Waals surface area (Å²) in [5.74, 6) is 0.708. The van der Waals surface area contributed by atoms with Gasteiger partial charge < -0.3 is 46.2 Å². The Morgan fingerprint density at radius 3 is 2.18 bits per heavy atom. The Morgan fingerprint density at radius 2 is 1.53 bits per heavy atom. The predicted molar refractivity (Wildman–Crippen MR) is 278 cm³/mol. The first-order chi connectivity index (χ1) is 34.7. The number of benzene rings is 2. The van der Waals surface area contributed by atoms with Crippen molar-refractivity contribution in [3.63, 3.8) is 0 Å². The van der Waals surface area contributed by atoms with Gasteiger partial charge in [-0.15, -0.1) is 21.5 Å². The van der Waals surface area contributed by atoms with Crippen molar-refractivity contribution in [2.24, 2.45) is 11.3 Å². The molecule has 17 nitrogen and oxygen atoms in total. The van der Waals surface area contributed by atoms with Gasteiger partial charge in [0.15, 0.2) is 5.82 Å². The molecule has 2 aromatic carbocycles. The lowest BCUT2D eigenvalue weighted by atomic mass is 9.81. The Hall–Kier alpha value is -6.24. The van der Waals surface area contributed by atoms with Crippen LogP contribution >= 0.6 is 11.3 Å². The summed E-state index contributed by atoms with van der Waals surface area (Å²) >= 11 is 1.59. The van der Waals surface area contributed by atoms with Crippen molar-refractivity contribution in [3.05, 3.63) is 89.3 Å². The molecule has 0 radical (unpaired) electrons. The number of nitrogens with one attached hydrogen (secondary N) is 2. The molecule has 7 heterocycles. The lowest BCUT2D eigenvalue weighted by Gasteiger charge is -2.42. The molecule has 380 valence electrons. The molecule has 1 aliphatic carbocycles. The molecule has 0 spiro atoms. The number of fused-ring (bicyclic) bond motifs is 2. The number of nitrogen functional groups attached to an aromatic ring is 1. The van der Waals surface area contributed by atoms with Crippen LogP contribution in [0.3, 0.4) is 0 Å². The summed E-state index contributed by atoms with van der Waals surface area (Å²) in [5.41, 5.74) is 13.8. The number of aliphatic hydroxyl groups is 1. The van der Waals surface area contributed by atoms with E-state index in [1.807, 2.05) is 88.1 Å². The van der Waals surface area contributed by atoms with Crippen LogP contribution in [0.1, 0.15) is 101 Å². The molecular weight excluding hydrogens is 929 g/mol. The van der Waals surface area contributed by atoms with E-state index in [0.29, 0.717) is 29.0 Å². The second-order valence-corrected chi connectivity index (χ2v) is 22.6. The normalized spacial score (nSPS) is 24.3. The van der Waals surface area contributed by atoms with Crippen LogP contribution in [0, 0.1) is 18.3 Å². The van der Waals surface area contributed by atoms with Gasteiger partial charge in [0, 0.05) is 74.6 Å². The minimum atomic E-state index is -0.856.